The Bertz CT molecular complexity index is 653. The van der Waals surface area contributed by atoms with Crippen LogP contribution in [-0.4, -0.2) is 24.9 Å². The molecule has 2 aromatic rings. The summed E-state index contributed by atoms with van der Waals surface area (Å²) in [7, 11) is 0. The molecule has 23 heavy (non-hydrogen) atoms. The fraction of sp³-hybridized carbons (Fsp3) is 0.263. The molecule has 0 aromatic heterocycles. The summed E-state index contributed by atoms with van der Waals surface area (Å²) in [4.78, 5) is 23.7. The van der Waals surface area contributed by atoms with E-state index in [2.05, 4.69) is 22.8 Å². The molecule has 0 fully saturated rings. The van der Waals surface area contributed by atoms with E-state index in [1.807, 2.05) is 37.3 Å². The van der Waals surface area contributed by atoms with Crippen molar-refractivity contribution in [3.05, 3.63) is 71.3 Å². The summed E-state index contributed by atoms with van der Waals surface area (Å²) in [6.07, 6.45) is 1.80. The van der Waals surface area contributed by atoms with Gasteiger partial charge in [-0.2, -0.15) is 0 Å². The second-order valence-corrected chi connectivity index (χ2v) is 5.49. The fourth-order valence-electron chi connectivity index (χ4n) is 2.28. The third kappa shape index (κ3) is 5.94. The van der Waals surface area contributed by atoms with Crippen LogP contribution in [0, 0.1) is 6.92 Å². The van der Waals surface area contributed by atoms with Crippen molar-refractivity contribution >= 4 is 11.8 Å². The Morgan fingerprint density at radius 1 is 0.957 bits per heavy atom. The Balaban J connectivity index is 1.64. The lowest BCUT2D eigenvalue weighted by atomic mass is 10.1. The van der Waals surface area contributed by atoms with Gasteiger partial charge in [0.1, 0.15) is 0 Å². The fourth-order valence-corrected chi connectivity index (χ4v) is 2.28. The van der Waals surface area contributed by atoms with Crippen LogP contribution >= 0.6 is 0 Å². The summed E-state index contributed by atoms with van der Waals surface area (Å²) < 4.78 is 0. The Morgan fingerprint density at radius 2 is 1.74 bits per heavy atom. The molecule has 2 rings (SSSR count). The van der Waals surface area contributed by atoms with Gasteiger partial charge in [0.15, 0.2) is 0 Å². The normalized spacial score (nSPS) is 10.1. The van der Waals surface area contributed by atoms with Gasteiger partial charge in [0.2, 0.25) is 5.91 Å². The molecule has 0 aliphatic rings. The van der Waals surface area contributed by atoms with Gasteiger partial charge < -0.3 is 10.6 Å². The van der Waals surface area contributed by atoms with Gasteiger partial charge in [0, 0.05) is 12.1 Å². The van der Waals surface area contributed by atoms with Crippen molar-refractivity contribution in [1.29, 1.82) is 0 Å². The number of carbonyl (C=O) groups is 2. The van der Waals surface area contributed by atoms with E-state index in [4.69, 9.17) is 0 Å². The largest absolute Gasteiger partial charge is 0.355 e. The van der Waals surface area contributed by atoms with Crippen LogP contribution in [0.15, 0.2) is 54.6 Å². The van der Waals surface area contributed by atoms with Gasteiger partial charge in [0.25, 0.3) is 5.91 Å². The zero-order valence-corrected chi connectivity index (χ0v) is 13.3. The Kier molecular flexibility index (Phi) is 6.36. The van der Waals surface area contributed by atoms with Crippen LogP contribution < -0.4 is 10.6 Å². The van der Waals surface area contributed by atoms with Crippen LogP contribution in [0.1, 0.15) is 27.9 Å². The SMILES string of the molecule is Cc1cccc(C(=O)NCC(=O)NCCCc2ccccc2)c1. The third-order valence-corrected chi connectivity index (χ3v) is 3.50. The number of nitrogens with one attached hydrogen (secondary N) is 2. The highest BCUT2D eigenvalue weighted by atomic mass is 16.2. The Morgan fingerprint density at radius 3 is 2.48 bits per heavy atom. The van der Waals surface area contributed by atoms with Crippen LogP contribution in [0.5, 0.6) is 0 Å². The smallest absolute Gasteiger partial charge is 0.251 e. The zero-order chi connectivity index (χ0) is 16.5. The highest BCUT2D eigenvalue weighted by Gasteiger charge is 2.07. The summed E-state index contributed by atoms with van der Waals surface area (Å²) in [5, 5.41) is 5.45. The van der Waals surface area contributed by atoms with Gasteiger partial charge >= 0.3 is 0 Å². The minimum Gasteiger partial charge on any atom is -0.355 e. The van der Waals surface area contributed by atoms with E-state index < -0.39 is 0 Å². The molecule has 2 amide bonds. The number of carbonyl (C=O) groups excluding carboxylic acids is 2. The first-order valence-electron chi connectivity index (χ1n) is 7.80. The maximum absolute atomic E-state index is 11.9. The molecule has 120 valence electrons. The van der Waals surface area contributed by atoms with E-state index >= 15 is 0 Å². The van der Waals surface area contributed by atoms with Gasteiger partial charge in [-0.25, -0.2) is 0 Å². The van der Waals surface area contributed by atoms with Crippen molar-refractivity contribution in [3.63, 3.8) is 0 Å². The maximum atomic E-state index is 11.9. The predicted molar refractivity (Wildman–Crippen MR) is 91.3 cm³/mol. The predicted octanol–water partition coefficient (Wildman–Crippen LogP) is 2.47. The molecule has 2 aromatic carbocycles. The first-order chi connectivity index (χ1) is 11.1. The zero-order valence-electron chi connectivity index (χ0n) is 13.3. The molecule has 0 saturated carbocycles. The lowest BCUT2D eigenvalue weighted by Gasteiger charge is -2.07. The molecule has 4 heteroatoms. The van der Waals surface area contributed by atoms with E-state index in [1.165, 1.54) is 5.56 Å². The molecule has 2 N–H and O–H groups in total. The van der Waals surface area contributed by atoms with Crippen molar-refractivity contribution in [3.8, 4) is 0 Å². The topological polar surface area (TPSA) is 58.2 Å². The van der Waals surface area contributed by atoms with Gasteiger partial charge in [-0.05, 0) is 37.5 Å². The van der Waals surface area contributed by atoms with Gasteiger partial charge in [-0.1, -0.05) is 48.0 Å². The van der Waals surface area contributed by atoms with Crippen LogP contribution in [0.2, 0.25) is 0 Å². The second-order valence-electron chi connectivity index (χ2n) is 5.49. The summed E-state index contributed by atoms with van der Waals surface area (Å²) >= 11 is 0. The summed E-state index contributed by atoms with van der Waals surface area (Å²) in [6.45, 7) is 2.53. The Hall–Kier alpha value is -2.62. The molecular weight excluding hydrogens is 288 g/mol. The number of amides is 2. The molecule has 0 radical (unpaired) electrons. The average Bonchev–Trinajstić information content (AvgIpc) is 2.57. The molecule has 0 aliphatic heterocycles. The van der Waals surface area contributed by atoms with E-state index in [1.54, 1.807) is 12.1 Å². The maximum Gasteiger partial charge on any atom is 0.251 e. The summed E-state index contributed by atoms with van der Waals surface area (Å²) in [6, 6.07) is 17.4. The van der Waals surface area contributed by atoms with Gasteiger partial charge in [0.05, 0.1) is 6.54 Å². The minimum absolute atomic E-state index is 0.00187. The first-order valence-corrected chi connectivity index (χ1v) is 7.80. The van der Waals surface area contributed by atoms with Crippen LogP contribution in [-0.2, 0) is 11.2 Å². The third-order valence-electron chi connectivity index (χ3n) is 3.50. The minimum atomic E-state index is -0.229. The van der Waals surface area contributed by atoms with Crippen molar-refractivity contribution in [2.75, 3.05) is 13.1 Å². The lowest BCUT2D eigenvalue weighted by Crippen LogP contribution is -2.37. The molecule has 4 nitrogen and oxygen atoms in total. The van der Waals surface area contributed by atoms with Crippen molar-refractivity contribution in [2.24, 2.45) is 0 Å². The Labute approximate surface area is 136 Å². The molecule has 0 bridgehead atoms. The van der Waals surface area contributed by atoms with Crippen molar-refractivity contribution in [2.45, 2.75) is 19.8 Å². The van der Waals surface area contributed by atoms with E-state index in [-0.39, 0.29) is 18.4 Å². The van der Waals surface area contributed by atoms with Gasteiger partial charge in [-0.15, -0.1) is 0 Å². The number of hydrogen-bond acceptors (Lipinski definition) is 2. The molecule has 0 heterocycles. The van der Waals surface area contributed by atoms with Crippen LogP contribution in [0.4, 0.5) is 0 Å². The molecule has 0 spiro atoms. The second kappa shape index (κ2) is 8.73. The van der Waals surface area contributed by atoms with Crippen molar-refractivity contribution < 1.29 is 9.59 Å². The standard InChI is InChI=1S/C19H22N2O2/c1-15-7-5-11-17(13-15)19(23)21-14-18(22)20-12-6-10-16-8-3-2-4-9-16/h2-5,7-9,11,13H,6,10,12,14H2,1H3,(H,20,22)(H,21,23). The average molecular weight is 310 g/mol. The summed E-state index contributed by atoms with van der Waals surface area (Å²) in [5.74, 6) is -0.396. The van der Waals surface area contributed by atoms with Crippen molar-refractivity contribution in [1.82, 2.24) is 10.6 Å². The number of benzene rings is 2. The number of rotatable bonds is 7. The summed E-state index contributed by atoms with van der Waals surface area (Å²) in [5.41, 5.74) is 2.85. The highest BCUT2D eigenvalue weighted by Crippen LogP contribution is 2.03. The molecule has 0 saturated heterocycles. The quantitative estimate of drug-likeness (QED) is 0.772. The van der Waals surface area contributed by atoms with Gasteiger partial charge in [-0.3, -0.25) is 9.59 Å². The molecule has 0 unspecified atom stereocenters. The first kappa shape index (κ1) is 16.7. The number of aryl methyl sites for hydroxylation is 2. The lowest BCUT2D eigenvalue weighted by molar-refractivity contribution is -0.120. The molecule has 0 aliphatic carbocycles. The van der Waals surface area contributed by atoms with E-state index in [9.17, 15) is 9.59 Å². The van der Waals surface area contributed by atoms with E-state index in [0.29, 0.717) is 12.1 Å². The number of hydrogen-bond donors (Lipinski definition) is 2. The monoisotopic (exact) mass is 310 g/mol. The highest BCUT2D eigenvalue weighted by molar-refractivity contribution is 5.96. The van der Waals surface area contributed by atoms with Crippen LogP contribution in [0.3, 0.4) is 0 Å². The molecular formula is C19H22N2O2. The van der Waals surface area contributed by atoms with E-state index in [0.717, 1.165) is 18.4 Å². The van der Waals surface area contributed by atoms with Crippen LogP contribution in [0.25, 0.3) is 0 Å². The molecule has 0 atom stereocenters.